The van der Waals surface area contributed by atoms with Crippen LogP contribution in [0.4, 0.5) is 0 Å². The van der Waals surface area contributed by atoms with Crippen LogP contribution in [0.15, 0.2) is 0 Å². The molecule has 0 saturated carbocycles. The molecule has 2 atom stereocenters. The SMILES string of the molecule is CC(C)(O)[C@H]1C[C@H](C(C)(C)O)[S+]1(=N)[O-]. The van der Waals surface area contributed by atoms with Crippen molar-refractivity contribution in [1.82, 2.24) is 0 Å². The van der Waals surface area contributed by atoms with E-state index < -0.39 is 31.8 Å². The van der Waals surface area contributed by atoms with Gasteiger partial charge in [0.15, 0.2) is 0 Å². The Morgan fingerprint density at radius 2 is 1.43 bits per heavy atom. The number of hydrogen-bond donors (Lipinski definition) is 3. The molecule has 0 amide bonds. The van der Waals surface area contributed by atoms with Gasteiger partial charge in [-0.05, 0) is 27.7 Å². The summed E-state index contributed by atoms with van der Waals surface area (Å²) in [6, 6.07) is 0. The molecule has 0 aromatic rings. The van der Waals surface area contributed by atoms with Crippen LogP contribution in [-0.2, 0) is 10.1 Å². The maximum atomic E-state index is 11.9. The molecule has 0 aromatic heterocycles. The van der Waals surface area contributed by atoms with Crippen molar-refractivity contribution in [3.8, 4) is 0 Å². The topological polar surface area (TPSA) is 87.4 Å². The van der Waals surface area contributed by atoms with Crippen molar-refractivity contribution < 1.29 is 14.8 Å². The highest BCUT2D eigenvalue weighted by Gasteiger charge is 2.59. The van der Waals surface area contributed by atoms with Crippen molar-refractivity contribution in [3.63, 3.8) is 0 Å². The fraction of sp³-hybridized carbons (Fsp3) is 1.00. The highest BCUT2D eigenvalue weighted by Crippen LogP contribution is 2.45. The Bertz CT molecular complexity index is 253. The van der Waals surface area contributed by atoms with Crippen LogP contribution in [-0.4, -0.2) is 36.5 Å². The summed E-state index contributed by atoms with van der Waals surface area (Å²) >= 11 is 0. The molecule has 0 aromatic carbocycles. The first-order valence-electron chi connectivity index (χ1n) is 4.68. The smallest absolute Gasteiger partial charge is 0.134 e. The average Bonchev–Trinajstić information content (AvgIpc) is 1.77. The normalized spacial score (nSPS) is 32.5. The molecule has 1 heterocycles. The first-order valence-corrected chi connectivity index (χ1v) is 6.37. The van der Waals surface area contributed by atoms with Gasteiger partial charge in [-0.3, -0.25) is 0 Å². The average molecular weight is 221 g/mol. The van der Waals surface area contributed by atoms with Crippen LogP contribution < -0.4 is 0 Å². The minimum atomic E-state index is -2.88. The Morgan fingerprint density at radius 3 is 1.57 bits per heavy atom. The lowest BCUT2D eigenvalue weighted by Crippen LogP contribution is -2.66. The Kier molecular flexibility index (Phi) is 2.60. The summed E-state index contributed by atoms with van der Waals surface area (Å²) in [5, 5.41) is 18.3. The van der Waals surface area contributed by atoms with Crippen LogP contribution in [0.3, 0.4) is 0 Å². The Balaban J connectivity index is 2.85. The summed E-state index contributed by atoms with van der Waals surface area (Å²) in [5.41, 5.74) is -2.19. The molecule has 1 rings (SSSR count). The molecule has 4 nitrogen and oxygen atoms in total. The van der Waals surface area contributed by atoms with Crippen molar-refractivity contribution in [2.45, 2.75) is 55.8 Å². The molecular weight excluding hydrogens is 202 g/mol. The number of nitrogens with one attached hydrogen (secondary N) is 1. The maximum absolute atomic E-state index is 11.9. The number of hydrogen-bond acceptors (Lipinski definition) is 4. The minimum Gasteiger partial charge on any atom is -0.631 e. The first-order chi connectivity index (χ1) is 5.97. The summed E-state index contributed by atoms with van der Waals surface area (Å²) in [6.07, 6.45) is 0.454. The van der Waals surface area contributed by atoms with Gasteiger partial charge < -0.3 is 14.8 Å². The third-order valence-corrected chi connectivity index (χ3v) is 6.08. The molecule has 1 saturated heterocycles. The largest absolute Gasteiger partial charge is 0.631 e. The van der Waals surface area contributed by atoms with Gasteiger partial charge in [-0.15, -0.1) is 0 Å². The second-order valence-electron chi connectivity index (χ2n) is 5.17. The van der Waals surface area contributed by atoms with E-state index in [0.29, 0.717) is 6.42 Å². The quantitative estimate of drug-likeness (QED) is 0.600. The molecule has 1 aliphatic heterocycles. The third kappa shape index (κ3) is 1.86. The lowest BCUT2D eigenvalue weighted by Gasteiger charge is -2.53. The van der Waals surface area contributed by atoms with E-state index in [0.717, 1.165) is 0 Å². The molecule has 3 N–H and O–H groups in total. The van der Waals surface area contributed by atoms with E-state index >= 15 is 0 Å². The van der Waals surface area contributed by atoms with Gasteiger partial charge in [0.2, 0.25) is 0 Å². The van der Waals surface area contributed by atoms with E-state index in [4.69, 9.17) is 4.78 Å². The summed E-state index contributed by atoms with van der Waals surface area (Å²) in [6.45, 7) is 6.25. The van der Waals surface area contributed by atoms with Gasteiger partial charge in [0.05, 0.1) is 0 Å². The standard InChI is InChI=1S/C9H19NO3S/c1-8(2,11)6-5-7(9(3,4)12)14(6,10)13/h6-7,11-12H,5H2,1-4H3,(H-,10,13)/t6-,7-/m1/s1. The summed E-state index contributed by atoms with van der Waals surface area (Å²) < 4.78 is 19.6. The van der Waals surface area contributed by atoms with Crippen LogP contribution in [0.5, 0.6) is 0 Å². The van der Waals surface area contributed by atoms with Gasteiger partial charge in [0.1, 0.15) is 21.7 Å². The van der Waals surface area contributed by atoms with Crippen molar-refractivity contribution in [3.05, 3.63) is 0 Å². The third-order valence-electron chi connectivity index (χ3n) is 2.85. The zero-order chi connectivity index (χ0) is 11.4. The maximum Gasteiger partial charge on any atom is 0.134 e. The molecule has 0 unspecified atom stereocenters. The van der Waals surface area contributed by atoms with E-state index in [9.17, 15) is 14.8 Å². The predicted octanol–water partition coefficient (Wildman–Crippen LogP) is 0.716. The van der Waals surface area contributed by atoms with E-state index in [-0.39, 0.29) is 0 Å². The molecule has 0 bridgehead atoms. The molecule has 1 fully saturated rings. The lowest BCUT2D eigenvalue weighted by atomic mass is 9.93. The fourth-order valence-corrected chi connectivity index (χ4v) is 4.70. The highest BCUT2D eigenvalue weighted by molar-refractivity contribution is 8.01. The van der Waals surface area contributed by atoms with Gasteiger partial charge in [-0.2, -0.15) is 4.78 Å². The van der Waals surface area contributed by atoms with Crippen molar-refractivity contribution >= 4 is 10.1 Å². The zero-order valence-electron chi connectivity index (χ0n) is 9.07. The molecule has 0 aliphatic carbocycles. The molecular formula is C9H19NO3S. The molecule has 0 radical (unpaired) electrons. The van der Waals surface area contributed by atoms with E-state index in [2.05, 4.69) is 0 Å². The second kappa shape index (κ2) is 3.01. The van der Waals surface area contributed by atoms with Crippen LogP contribution in [0.1, 0.15) is 34.1 Å². The Morgan fingerprint density at radius 1 is 1.14 bits per heavy atom. The second-order valence-corrected chi connectivity index (χ2v) is 7.60. The van der Waals surface area contributed by atoms with E-state index in [1.807, 2.05) is 0 Å². The Hall–Kier alpha value is 0.0300. The molecule has 14 heavy (non-hydrogen) atoms. The van der Waals surface area contributed by atoms with Crippen LogP contribution in [0.25, 0.3) is 0 Å². The zero-order valence-corrected chi connectivity index (χ0v) is 9.89. The monoisotopic (exact) mass is 221 g/mol. The molecule has 1 aliphatic rings. The summed E-state index contributed by atoms with van der Waals surface area (Å²) in [4.78, 5) is 0. The van der Waals surface area contributed by atoms with Crippen molar-refractivity contribution in [1.29, 1.82) is 4.78 Å². The highest BCUT2D eigenvalue weighted by atomic mass is 32.3. The molecule has 0 spiro atoms. The molecule has 5 heteroatoms. The fourth-order valence-electron chi connectivity index (χ4n) is 1.99. The van der Waals surface area contributed by atoms with Crippen LogP contribution in [0.2, 0.25) is 0 Å². The van der Waals surface area contributed by atoms with Crippen LogP contribution in [0, 0.1) is 4.78 Å². The van der Waals surface area contributed by atoms with Crippen molar-refractivity contribution in [2.75, 3.05) is 0 Å². The van der Waals surface area contributed by atoms with Gasteiger partial charge in [-0.25, -0.2) is 0 Å². The molecule has 84 valence electrons. The summed E-state index contributed by atoms with van der Waals surface area (Å²) in [7, 11) is -2.88. The predicted molar refractivity (Wildman–Crippen MR) is 55.7 cm³/mol. The first kappa shape index (κ1) is 12.1. The number of rotatable bonds is 2. The van der Waals surface area contributed by atoms with Crippen LogP contribution >= 0.6 is 0 Å². The van der Waals surface area contributed by atoms with Gasteiger partial charge in [0, 0.05) is 6.42 Å². The van der Waals surface area contributed by atoms with Crippen molar-refractivity contribution in [2.24, 2.45) is 0 Å². The Labute approximate surface area is 86.0 Å². The van der Waals surface area contributed by atoms with Gasteiger partial charge >= 0.3 is 0 Å². The number of aliphatic hydroxyl groups is 2. The van der Waals surface area contributed by atoms with E-state index in [1.54, 1.807) is 27.7 Å². The minimum absolute atomic E-state index is 0.454. The lowest BCUT2D eigenvalue weighted by molar-refractivity contribution is 0.0276. The van der Waals surface area contributed by atoms with Gasteiger partial charge in [-0.1, -0.05) is 10.1 Å². The summed E-state index contributed by atoms with van der Waals surface area (Å²) in [5.74, 6) is 0. The van der Waals surface area contributed by atoms with Gasteiger partial charge in [0.25, 0.3) is 0 Å². The van der Waals surface area contributed by atoms with E-state index in [1.165, 1.54) is 0 Å².